The third-order valence-electron chi connectivity index (χ3n) is 2.89. The first-order valence-corrected chi connectivity index (χ1v) is 6.52. The standard InChI is InChI=1S/C10H16N4O2S/c1-17-10(7-11)2-4-14(5-3-10)6-8(15)13-9(12)16/h2-6H2,1H3,(H3,12,13,15,16). The smallest absolute Gasteiger partial charge is 0.318 e. The number of hydrogen-bond donors (Lipinski definition) is 2. The molecule has 1 heterocycles. The van der Waals surface area contributed by atoms with Gasteiger partial charge in [-0.1, -0.05) is 0 Å². The van der Waals surface area contributed by atoms with Crippen molar-refractivity contribution in [2.45, 2.75) is 17.6 Å². The van der Waals surface area contributed by atoms with Gasteiger partial charge in [-0.3, -0.25) is 15.0 Å². The number of urea groups is 1. The van der Waals surface area contributed by atoms with E-state index in [0.29, 0.717) is 13.1 Å². The average Bonchev–Trinajstić information content (AvgIpc) is 2.29. The quantitative estimate of drug-likeness (QED) is 0.734. The number of thioether (sulfide) groups is 1. The third kappa shape index (κ3) is 3.91. The second-order valence-electron chi connectivity index (χ2n) is 4.00. The highest BCUT2D eigenvalue weighted by Gasteiger charge is 2.34. The minimum atomic E-state index is -0.831. The van der Waals surface area contributed by atoms with Crippen molar-refractivity contribution in [2.24, 2.45) is 5.73 Å². The van der Waals surface area contributed by atoms with Gasteiger partial charge in [0.05, 0.1) is 12.6 Å². The maximum Gasteiger partial charge on any atom is 0.318 e. The van der Waals surface area contributed by atoms with Crippen molar-refractivity contribution in [2.75, 3.05) is 25.9 Å². The maximum atomic E-state index is 11.3. The number of carbonyl (C=O) groups excluding carboxylic acids is 2. The van der Waals surface area contributed by atoms with Gasteiger partial charge >= 0.3 is 6.03 Å². The third-order valence-corrected chi connectivity index (χ3v) is 4.17. The van der Waals surface area contributed by atoms with Gasteiger partial charge in [-0.05, 0) is 19.1 Å². The SMILES string of the molecule is CSC1(C#N)CCN(CC(=O)NC(N)=O)CC1. The Hall–Kier alpha value is -1.26. The minimum absolute atomic E-state index is 0.152. The number of rotatable bonds is 3. The Morgan fingerprint density at radius 2 is 2.12 bits per heavy atom. The summed E-state index contributed by atoms with van der Waals surface area (Å²) in [5.74, 6) is -0.397. The Bertz CT molecular complexity index is 345. The summed E-state index contributed by atoms with van der Waals surface area (Å²) in [6, 6.07) is 1.50. The van der Waals surface area contributed by atoms with E-state index in [1.807, 2.05) is 16.5 Å². The number of nitriles is 1. The molecule has 3 amide bonds. The van der Waals surface area contributed by atoms with Crippen LogP contribution in [0.3, 0.4) is 0 Å². The topological polar surface area (TPSA) is 99.2 Å². The molecular formula is C10H16N4O2S. The van der Waals surface area contributed by atoms with Gasteiger partial charge in [-0.25, -0.2) is 4.79 Å². The van der Waals surface area contributed by atoms with Crippen LogP contribution in [-0.4, -0.2) is 47.5 Å². The monoisotopic (exact) mass is 256 g/mol. The molecule has 0 bridgehead atoms. The lowest BCUT2D eigenvalue weighted by Crippen LogP contribution is -2.47. The summed E-state index contributed by atoms with van der Waals surface area (Å²) in [4.78, 5) is 23.7. The number of carbonyl (C=O) groups is 2. The van der Waals surface area contributed by atoms with E-state index < -0.39 is 11.9 Å². The number of hydrogen-bond acceptors (Lipinski definition) is 5. The zero-order valence-electron chi connectivity index (χ0n) is 9.73. The van der Waals surface area contributed by atoms with Crippen molar-refractivity contribution in [3.63, 3.8) is 0 Å². The number of nitrogens with two attached hydrogens (primary N) is 1. The molecule has 0 atom stereocenters. The molecule has 1 aliphatic rings. The van der Waals surface area contributed by atoms with E-state index >= 15 is 0 Å². The van der Waals surface area contributed by atoms with Gasteiger partial charge in [0.1, 0.15) is 4.75 Å². The second-order valence-corrected chi connectivity index (χ2v) is 5.19. The molecule has 1 aliphatic heterocycles. The van der Waals surface area contributed by atoms with Crippen LogP contribution in [0.1, 0.15) is 12.8 Å². The van der Waals surface area contributed by atoms with Crippen molar-refractivity contribution in [1.82, 2.24) is 10.2 Å². The van der Waals surface area contributed by atoms with Gasteiger partial charge in [0.2, 0.25) is 5.91 Å². The molecule has 0 unspecified atom stereocenters. The number of nitrogens with one attached hydrogen (secondary N) is 1. The summed E-state index contributed by atoms with van der Waals surface area (Å²) < 4.78 is -0.323. The zero-order valence-corrected chi connectivity index (χ0v) is 10.5. The Balaban J connectivity index is 2.40. The van der Waals surface area contributed by atoms with E-state index in [-0.39, 0.29) is 11.3 Å². The molecule has 6 nitrogen and oxygen atoms in total. The van der Waals surface area contributed by atoms with Crippen LogP contribution >= 0.6 is 11.8 Å². The van der Waals surface area contributed by atoms with Gasteiger partial charge in [-0.2, -0.15) is 5.26 Å². The zero-order chi connectivity index (χ0) is 12.9. The largest absolute Gasteiger partial charge is 0.351 e. The van der Waals surface area contributed by atoms with Crippen LogP contribution in [-0.2, 0) is 4.79 Å². The second kappa shape index (κ2) is 5.89. The molecule has 94 valence electrons. The molecule has 0 saturated carbocycles. The van der Waals surface area contributed by atoms with E-state index in [2.05, 4.69) is 6.07 Å². The van der Waals surface area contributed by atoms with E-state index in [1.54, 1.807) is 11.8 Å². The summed E-state index contributed by atoms with van der Waals surface area (Å²) in [5.41, 5.74) is 4.85. The van der Waals surface area contributed by atoms with E-state index in [4.69, 9.17) is 11.0 Å². The van der Waals surface area contributed by atoms with Gasteiger partial charge in [0, 0.05) is 13.1 Å². The lowest BCUT2D eigenvalue weighted by molar-refractivity contribution is -0.121. The van der Waals surface area contributed by atoms with Crippen molar-refractivity contribution in [1.29, 1.82) is 5.26 Å². The normalized spacial score (nSPS) is 19.3. The first-order chi connectivity index (χ1) is 8.01. The first kappa shape index (κ1) is 13.8. The summed E-state index contributed by atoms with van der Waals surface area (Å²) in [6.07, 6.45) is 3.39. The fraction of sp³-hybridized carbons (Fsp3) is 0.700. The maximum absolute atomic E-state index is 11.3. The van der Waals surface area contributed by atoms with Crippen LogP contribution in [0.25, 0.3) is 0 Å². The van der Waals surface area contributed by atoms with Crippen LogP contribution in [0, 0.1) is 11.3 Å². The van der Waals surface area contributed by atoms with Crippen molar-refractivity contribution in [3.8, 4) is 6.07 Å². The molecule has 1 saturated heterocycles. The highest BCUT2D eigenvalue weighted by Crippen LogP contribution is 2.33. The molecule has 0 radical (unpaired) electrons. The van der Waals surface area contributed by atoms with Gasteiger partial charge in [0.25, 0.3) is 0 Å². The summed E-state index contributed by atoms with van der Waals surface area (Å²) in [5, 5.41) is 11.1. The molecule has 0 aromatic heterocycles. The molecule has 3 N–H and O–H groups in total. The molecule has 1 rings (SSSR count). The lowest BCUT2D eigenvalue weighted by atomic mass is 9.97. The van der Waals surface area contributed by atoms with Crippen LogP contribution in [0.5, 0.6) is 0 Å². The molecule has 1 fully saturated rings. The summed E-state index contributed by atoms with van der Waals surface area (Å²) >= 11 is 1.56. The Morgan fingerprint density at radius 3 is 2.53 bits per heavy atom. The highest BCUT2D eigenvalue weighted by atomic mass is 32.2. The fourth-order valence-corrected chi connectivity index (χ4v) is 2.50. The molecular weight excluding hydrogens is 240 g/mol. The number of primary amides is 1. The number of imide groups is 1. The van der Waals surface area contributed by atoms with E-state index in [9.17, 15) is 9.59 Å². The first-order valence-electron chi connectivity index (χ1n) is 5.29. The number of amides is 3. The summed E-state index contributed by atoms with van der Waals surface area (Å²) in [6.45, 7) is 1.51. The minimum Gasteiger partial charge on any atom is -0.351 e. The fourth-order valence-electron chi connectivity index (χ4n) is 1.81. The van der Waals surface area contributed by atoms with Gasteiger partial charge in [0.15, 0.2) is 0 Å². The van der Waals surface area contributed by atoms with Crippen LogP contribution in [0.2, 0.25) is 0 Å². The number of piperidine rings is 1. The highest BCUT2D eigenvalue weighted by molar-refractivity contribution is 8.00. The molecule has 0 aliphatic carbocycles. The molecule has 0 aromatic rings. The Kier molecular flexibility index (Phi) is 4.78. The lowest BCUT2D eigenvalue weighted by Gasteiger charge is -2.35. The van der Waals surface area contributed by atoms with Crippen molar-refractivity contribution in [3.05, 3.63) is 0 Å². The predicted octanol–water partition coefficient (Wildman–Crippen LogP) is -0.0975. The summed E-state index contributed by atoms with van der Waals surface area (Å²) in [7, 11) is 0. The number of likely N-dealkylation sites (tertiary alicyclic amines) is 1. The van der Waals surface area contributed by atoms with E-state index in [0.717, 1.165) is 12.8 Å². The van der Waals surface area contributed by atoms with Gasteiger partial charge in [-0.15, -0.1) is 11.8 Å². The molecule has 17 heavy (non-hydrogen) atoms. The van der Waals surface area contributed by atoms with Gasteiger partial charge < -0.3 is 5.73 Å². The average molecular weight is 256 g/mol. The van der Waals surface area contributed by atoms with Crippen LogP contribution in [0.4, 0.5) is 4.79 Å². The Labute approximate surface area is 105 Å². The van der Waals surface area contributed by atoms with Crippen molar-refractivity contribution >= 4 is 23.7 Å². The predicted molar refractivity (Wildman–Crippen MR) is 65.3 cm³/mol. The van der Waals surface area contributed by atoms with Crippen LogP contribution < -0.4 is 11.1 Å². The van der Waals surface area contributed by atoms with Crippen LogP contribution in [0.15, 0.2) is 0 Å². The number of nitrogens with zero attached hydrogens (tertiary/aromatic N) is 2. The Morgan fingerprint density at radius 1 is 1.53 bits per heavy atom. The molecule has 0 aromatic carbocycles. The van der Waals surface area contributed by atoms with E-state index in [1.165, 1.54) is 0 Å². The van der Waals surface area contributed by atoms with Crippen molar-refractivity contribution < 1.29 is 9.59 Å². The molecule has 7 heteroatoms. The molecule has 0 spiro atoms.